The first-order valence-electron chi connectivity index (χ1n) is 7.20. The summed E-state index contributed by atoms with van der Waals surface area (Å²) in [6.07, 6.45) is 4.74. The van der Waals surface area contributed by atoms with Gasteiger partial charge >= 0.3 is 0 Å². The molecule has 1 aromatic rings. The number of rotatable bonds is 7. The normalized spacial score (nSPS) is 16.6. The third kappa shape index (κ3) is 3.49. The van der Waals surface area contributed by atoms with E-state index in [4.69, 9.17) is 10.5 Å². The second-order valence-corrected chi connectivity index (χ2v) is 5.47. The van der Waals surface area contributed by atoms with Crippen LogP contribution in [0.4, 0.5) is 0 Å². The largest absolute Gasteiger partial charge is 0.493 e. The molecule has 1 aromatic carbocycles. The van der Waals surface area contributed by atoms with Gasteiger partial charge in [0.05, 0.1) is 6.61 Å². The van der Waals surface area contributed by atoms with Crippen LogP contribution in [-0.2, 0) is 6.42 Å². The van der Waals surface area contributed by atoms with Gasteiger partial charge in [0.1, 0.15) is 5.75 Å². The molecule has 1 aliphatic carbocycles. The van der Waals surface area contributed by atoms with Crippen LogP contribution in [0.2, 0.25) is 0 Å². The van der Waals surface area contributed by atoms with Gasteiger partial charge in [0.15, 0.2) is 0 Å². The minimum atomic E-state index is 0.610. The number of ether oxygens (including phenoxy) is 1. The highest BCUT2D eigenvalue weighted by Gasteiger charge is 2.22. The molecule has 2 heteroatoms. The smallest absolute Gasteiger partial charge is 0.122 e. The van der Waals surface area contributed by atoms with Crippen LogP contribution in [0, 0.1) is 5.92 Å². The van der Waals surface area contributed by atoms with E-state index < -0.39 is 0 Å². The second kappa shape index (κ2) is 6.24. The molecule has 2 nitrogen and oxygen atoms in total. The molecule has 0 spiro atoms. The summed E-state index contributed by atoms with van der Waals surface area (Å²) < 4.78 is 5.93. The number of nitrogens with two attached hydrogens (primary N) is 1. The first-order valence-corrected chi connectivity index (χ1v) is 7.20. The molecule has 1 atom stereocenters. The van der Waals surface area contributed by atoms with Crippen molar-refractivity contribution >= 4 is 0 Å². The summed E-state index contributed by atoms with van der Waals surface area (Å²) >= 11 is 0. The van der Waals surface area contributed by atoms with E-state index in [0.717, 1.165) is 24.7 Å². The molecule has 2 N–H and O–H groups in total. The Morgan fingerprint density at radius 1 is 1.39 bits per heavy atom. The van der Waals surface area contributed by atoms with E-state index >= 15 is 0 Å². The summed E-state index contributed by atoms with van der Waals surface area (Å²) in [4.78, 5) is 0. The van der Waals surface area contributed by atoms with Crippen molar-refractivity contribution in [2.24, 2.45) is 11.7 Å². The zero-order valence-corrected chi connectivity index (χ0v) is 11.6. The van der Waals surface area contributed by atoms with E-state index in [1.807, 2.05) is 0 Å². The van der Waals surface area contributed by atoms with Crippen LogP contribution in [0.1, 0.15) is 50.2 Å². The van der Waals surface area contributed by atoms with E-state index in [-0.39, 0.29) is 0 Å². The van der Waals surface area contributed by atoms with E-state index in [1.165, 1.54) is 30.4 Å². The van der Waals surface area contributed by atoms with Crippen LogP contribution in [0.5, 0.6) is 5.75 Å². The molecule has 0 radical (unpaired) electrons. The van der Waals surface area contributed by atoms with Crippen LogP contribution >= 0.6 is 0 Å². The van der Waals surface area contributed by atoms with Crippen molar-refractivity contribution < 1.29 is 4.74 Å². The van der Waals surface area contributed by atoms with Crippen LogP contribution < -0.4 is 10.5 Å². The first kappa shape index (κ1) is 13.4. The Kier molecular flexibility index (Phi) is 4.65. The van der Waals surface area contributed by atoms with Gasteiger partial charge in [-0.2, -0.15) is 0 Å². The Labute approximate surface area is 111 Å². The van der Waals surface area contributed by atoms with Crippen molar-refractivity contribution in [2.45, 2.75) is 45.4 Å². The lowest BCUT2D eigenvalue weighted by molar-refractivity contribution is 0.296. The van der Waals surface area contributed by atoms with Crippen LogP contribution in [0.15, 0.2) is 18.2 Å². The maximum atomic E-state index is 5.93. The van der Waals surface area contributed by atoms with Gasteiger partial charge < -0.3 is 10.5 Å². The summed E-state index contributed by atoms with van der Waals surface area (Å²) in [5.41, 5.74) is 8.38. The second-order valence-electron chi connectivity index (χ2n) is 5.47. The maximum absolute atomic E-state index is 5.93. The fraction of sp³-hybridized carbons (Fsp3) is 0.625. The zero-order chi connectivity index (χ0) is 13.0. The van der Waals surface area contributed by atoms with Gasteiger partial charge in [-0.15, -0.1) is 0 Å². The number of hydrogen-bond donors (Lipinski definition) is 1. The molecule has 0 aromatic heterocycles. The minimum Gasteiger partial charge on any atom is -0.493 e. The lowest BCUT2D eigenvalue weighted by Gasteiger charge is -2.15. The molecule has 0 bridgehead atoms. The predicted molar refractivity (Wildman–Crippen MR) is 76.1 cm³/mol. The van der Waals surface area contributed by atoms with Crippen molar-refractivity contribution in [2.75, 3.05) is 13.2 Å². The molecule has 1 saturated carbocycles. The monoisotopic (exact) mass is 247 g/mol. The molecule has 1 aliphatic rings. The fourth-order valence-electron chi connectivity index (χ4n) is 2.13. The third-order valence-corrected chi connectivity index (χ3v) is 3.85. The highest BCUT2D eigenvalue weighted by molar-refractivity contribution is 5.38. The van der Waals surface area contributed by atoms with E-state index in [1.54, 1.807) is 0 Å². The zero-order valence-electron chi connectivity index (χ0n) is 11.6. The Morgan fingerprint density at radius 2 is 2.17 bits per heavy atom. The quantitative estimate of drug-likeness (QED) is 0.800. The summed E-state index contributed by atoms with van der Waals surface area (Å²) in [7, 11) is 0. The Balaban J connectivity index is 2.10. The highest BCUT2D eigenvalue weighted by atomic mass is 16.5. The average Bonchev–Trinajstić information content (AvgIpc) is 3.20. The Hall–Kier alpha value is -1.02. The van der Waals surface area contributed by atoms with Gasteiger partial charge in [-0.1, -0.05) is 26.0 Å². The van der Waals surface area contributed by atoms with Crippen molar-refractivity contribution in [1.82, 2.24) is 0 Å². The lowest BCUT2D eigenvalue weighted by Crippen LogP contribution is -2.08. The van der Waals surface area contributed by atoms with Gasteiger partial charge in [-0.25, -0.2) is 0 Å². The van der Waals surface area contributed by atoms with Gasteiger partial charge in [0.25, 0.3) is 0 Å². The summed E-state index contributed by atoms with van der Waals surface area (Å²) in [6.45, 7) is 6.06. The molecule has 18 heavy (non-hydrogen) atoms. The van der Waals surface area contributed by atoms with E-state index in [9.17, 15) is 0 Å². The predicted octanol–water partition coefficient (Wildman–Crippen LogP) is 3.49. The van der Waals surface area contributed by atoms with Crippen molar-refractivity contribution in [3.8, 4) is 5.75 Å². The molecule has 0 heterocycles. The minimum absolute atomic E-state index is 0.610. The molecular formula is C16H25NO. The fourth-order valence-corrected chi connectivity index (χ4v) is 2.13. The van der Waals surface area contributed by atoms with Crippen LogP contribution in [0.3, 0.4) is 0 Å². The first-order chi connectivity index (χ1) is 8.74. The number of hydrogen-bond acceptors (Lipinski definition) is 2. The summed E-state index contributed by atoms with van der Waals surface area (Å²) in [5, 5.41) is 0. The maximum Gasteiger partial charge on any atom is 0.122 e. The molecule has 0 aliphatic heterocycles. The van der Waals surface area contributed by atoms with Gasteiger partial charge in [-0.3, -0.25) is 0 Å². The van der Waals surface area contributed by atoms with Crippen LogP contribution in [-0.4, -0.2) is 13.2 Å². The average molecular weight is 247 g/mol. The Morgan fingerprint density at radius 3 is 2.78 bits per heavy atom. The molecule has 1 unspecified atom stereocenters. The van der Waals surface area contributed by atoms with Gasteiger partial charge in [-0.05, 0) is 61.3 Å². The molecule has 100 valence electrons. The van der Waals surface area contributed by atoms with Crippen molar-refractivity contribution in [3.05, 3.63) is 29.3 Å². The summed E-state index contributed by atoms with van der Waals surface area (Å²) in [6, 6.07) is 6.62. The molecule has 1 fully saturated rings. The highest BCUT2D eigenvalue weighted by Crippen LogP contribution is 2.31. The van der Waals surface area contributed by atoms with Crippen molar-refractivity contribution in [3.63, 3.8) is 0 Å². The third-order valence-electron chi connectivity index (χ3n) is 3.85. The molecule has 0 saturated heterocycles. The summed E-state index contributed by atoms with van der Waals surface area (Å²) in [5.74, 6) is 2.45. The standard InChI is InChI=1S/C16H25NO/c1-3-12(2)14-6-7-16(15(10-14)8-9-17)18-11-13-4-5-13/h6-7,10,12-13H,3-5,8-9,11,17H2,1-2H3. The SMILES string of the molecule is CCC(C)c1ccc(OCC2CC2)c(CCN)c1. The van der Waals surface area contributed by atoms with Crippen molar-refractivity contribution in [1.29, 1.82) is 0 Å². The molecule has 0 amide bonds. The molecule has 2 rings (SSSR count). The van der Waals surface area contributed by atoms with E-state index in [2.05, 4.69) is 32.0 Å². The molecular weight excluding hydrogens is 222 g/mol. The van der Waals surface area contributed by atoms with Gasteiger partial charge in [0, 0.05) is 0 Å². The van der Waals surface area contributed by atoms with Gasteiger partial charge in [0.2, 0.25) is 0 Å². The van der Waals surface area contributed by atoms with E-state index in [0.29, 0.717) is 12.5 Å². The Bertz CT molecular complexity index is 385. The number of benzene rings is 1. The van der Waals surface area contributed by atoms with Crippen LogP contribution in [0.25, 0.3) is 0 Å². The lowest BCUT2D eigenvalue weighted by atomic mass is 9.95. The topological polar surface area (TPSA) is 35.2 Å².